The lowest BCUT2D eigenvalue weighted by Gasteiger charge is -2.07. The first-order chi connectivity index (χ1) is 4.70. The largest absolute Gasteiger partial charge is 0.298 e. The molecule has 0 aromatic rings. The number of hydrogen-bond acceptors (Lipinski definition) is 1. The second kappa shape index (κ2) is 5.42. The topological polar surface area (TPSA) is 6.25 Å². The van der Waals surface area contributed by atoms with Crippen molar-refractivity contribution in [3.8, 4) is 0 Å². The molecular weight excluding hydrogens is 124 g/mol. The van der Waals surface area contributed by atoms with Crippen LogP contribution in [-0.2, 0) is 0 Å². The van der Waals surface area contributed by atoms with E-state index in [4.69, 9.17) is 0 Å². The number of rotatable bonds is 4. The van der Waals surface area contributed by atoms with Crippen molar-refractivity contribution >= 4 is 6.21 Å². The minimum atomic E-state index is 1.06. The lowest BCUT2D eigenvalue weighted by molar-refractivity contribution is -0.489. The molecule has 10 heavy (non-hydrogen) atoms. The van der Waals surface area contributed by atoms with Gasteiger partial charge in [0, 0.05) is 0 Å². The highest BCUT2D eigenvalue weighted by Gasteiger charge is 1.93. The Hall–Kier alpha value is -0.370. The summed E-state index contributed by atoms with van der Waals surface area (Å²) < 4.78 is 2.20. The van der Waals surface area contributed by atoms with E-state index in [1.165, 1.54) is 0 Å². The van der Waals surface area contributed by atoms with E-state index in [-0.39, 0.29) is 0 Å². The zero-order chi connectivity index (χ0) is 7.98. The van der Waals surface area contributed by atoms with E-state index in [0.29, 0.717) is 0 Å². The minimum absolute atomic E-state index is 1.06. The summed E-state index contributed by atoms with van der Waals surface area (Å²) in [5, 5.41) is 0. The third-order valence-electron chi connectivity index (χ3n) is 1.74. The summed E-state index contributed by atoms with van der Waals surface area (Å²) in [5.74, 6) is 0. The molecule has 0 radical (unpaired) electrons. The molecule has 0 saturated carbocycles. The summed E-state index contributed by atoms with van der Waals surface area (Å²) in [5.41, 5.74) is 0. The van der Waals surface area contributed by atoms with Crippen LogP contribution in [-0.4, -0.2) is 49.4 Å². The smallest absolute Gasteiger partial charge is 0.153 e. The van der Waals surface area contributed by atoms with Gasteiger partial charge in [-0.15, -0.1) is 0 Å². The second-order valence-corrected chi connectivity index (χ2v) is 2.61. The van der Waals surface area contributed by atoms with Crippen molar-refractivity contribution in [3.63, 3.8) is 0 Å². The van der Waals surface area contributed by atoms with Gasteiger partial charge in [0.2, 0.25) is 0 Å². The Morgan fingerprint density at radius 3 is 2.40 bits per heavy atom. The number of hydrogen-bond donors (Lipinski definition) is 0. The SMILES string of the molecule is CCN(C)CC=[N+](C)CC. The molecule has 0 aliphatic heterocycles. The van der Waals surface area contributed by atoms with E-state index in [2.05, 4.69) is 43.6 Å². The molecule has 0 unspecified atom stereocenters. The Morgan fingerprint density at radius 2 is 2.00 bits per heavy atom. The maximum Gasteiger partial charge on any atom is 0.153 e. The average Bonchev–Trinajstić information content (AvgIpc) is 1.99. The van der Waals surface area contributed by atoms with Crippen LogP contribution in [0.1, 0.15) is 13.8 Å². The molecule has 0 fully saturated rings. The first kappa shape index (κ1) is 9.63. The zero-order valence-electron chi connectivity index (χ0n) is 7.59. The van der Waals surface area contributed by atoms with Crippen molar-refractivity contribution in [3.05, 3.63) is 0 Å². The van der Waals surface area contributed by atoms with Crippen LogP contribution in [0.4, 0.5) is 0 Å². The Kier molecular flexibility index (Phi) is 5.22. The van der Waals surface area contributed by atoms with Gasteiger partial charge in [-0.2, -0.15) is 0 Å². The molecular formula is C8H19N2+. The van der Waals surface area contributed by atoms with Gasteiger partial charge >= 0.3 is 0 Å². The first-order valence-electron chi connectivity index (χ1n) is 3.92. The maximum atomic E-state index is 2.27. The van der Waals surface area contributed by atoms with Gasteiger partial charge in [-0.3, -0.25) is 4.90 Å². The molecule has 0 aliphatic carbocycles. The molecule has 2 nitrogen and oxygen atoms in total. The molecule has 60 valence electrons. The fourth-order valence-electron chi connectivity index (χ4n) is 0.537. The van der Waals surface area contributed by atoms with E-state index < -0.39 is 0 Å². The molecule has 0 heterocycles. The lowest BCUT2D eigenvalue weighted by Crippen LogP contribution is -2.23. The van der Waals surface area contributed by atoms with Crippen LogP contribution in [0.5, 0.6) is 0 Å². The predicted octanol–water partition coefficient (Wildman–Crippen LogP) is 0.671. The van der Waals surface area contributed by atoms with E-state index in [0.717, 1.165) is 19.6 Å². The van der Waals surface area contributed by atoms with Gasteiger partial charge < -0.3 is 0 Å². The third kappa shape index (κ3) is 4.50. The average molecular weight is 143 g/mol. The van der Waals surface area contributed by atoms with Gasteiger partial charge in [0.15, 0.2) is 6.21 Å². The molecule has 2 heteroatoms. The summed E-state index contributed by atoms with van der Waals surface area (Å²) >= 11 is 0. The van der Waals surface area contributed by atoms with Gasteiger partial charge in [0.05, 0.1) is 6.54 Å². The van der Waals surface area contributed by atoms with Crippen LogP contribution < -0.4 is 0 Å². The Labute approximate surface area is 64.2 Å². The Morgan fingerprint density at radius 1 is 1.40 bits per heavy atom. The van der Waals surface area contributed by atoms with Crippen molar-refractivity contribution in [2.75, 3.05) is 33.7 Å². The molecule has 0 atom stereocenters. The molecule has 0 aromatic carbocycles. The van der Waals surface area contributed by atoms with Gasteiger partial charge in [0.1, 0.15) is 13.6 Å². The van der Waals surface area contributed by atoms with E-state index in [1.54, 1.807) is 0 Å². The van der Waals surface area contributed by atoms with E-state index in [9.17, 15) is 0 Å². The fourth-order valence-corrected chi connectivity index (χ4v) is 0.537. The number of nitrogens with zero attached hydrogens (tertiary/aromatic N) is 2. The minimum Gasteiger partial charge on any atom is -0.298 e. The monoisotopic (exact) mass is 143 g/mol. The molecule has 0 bridgehead atoms. The standard InChI is InChI=1S/C8H19N2/c1-5-9(3)7-8-10(4)6-2/h7H,5-6,8H2,1-4H3/q+1. The van der Waals surface area contributed by atoms with Gasteiger partial charge in [-0.25, -0.2) is 4.58 Å². The summed E-state index contributed by atoms with van der Waals surface area (Å²) in [7, 11) is 4.23. The summed E-state index contributed by atoms with van der Waals surface area (Å²) in [4.78, 5) is 2.27. The van der Waals surface area contributed by atoms with E-state index in [1.807, 2.05) is 0 Å². The third-order valence-corrected chi connectivity index (χ3v) is 1.74. The summed E-state index contributed by atoms with van der Waals surface area (Å²) in [6.07, 6.45) is 2.21. The lowest BCUT2D eigenvalue weighted by atomic mass is 10.5. The van der Waals surface area contributed by atoms with Crippen molar-refractivity contribution in [2.24, 2.45) is 0 Å². The molecule has 0 amide bonds. The van der Waals surface area contributed by atoms with Crippen LogP contribution in [0, 0.1) is 0 Å². The highest BCUT2D eigenvalue weighted by molar-refractivity contribution is 5.53. The van der Waals surface area contributed by atoms with Gasteiger partial charge in [0.25, 0.3) is 0 Å². The van der Waals surface area contributed by atoms with Crippen LogP contribution in [0.15, 0.2) is 0 Å². The van der Waals surface area contributed by atoms with Crippen molar-refractivity contribution in [1.29, 1.82) is 0 Å². The Bertz CT molecular complexity index is 108. The van der Waals surface area contributed by atoms with E-state index >= 15 is 0 Å². The summed E-state index contributed by atoms with van der Waals surface area (Å²) in [6, 6.07) is 0. The van der Waals surface area contributed by atoms with Crippen LogP contribution in [0.3, 0.4) is 0 Å². The normalized spacial score (nSPS) is 12.7. The van der Waals surface area contributed by atoms with Crippen LogP contribution in [0.2, 0.25) is 0 Å². The highest BCUT2D eigenvalue weighted by atomic mass is 15.1. The zero-order valence-corrected chi connectivity index (χ0v) is 7.59. The second-order valence-electron chi connectivity index (χ2n) is 2.61. The highest BCUT2D eigenvalue weighted by Crippen LogP contribution is 1.75. The molecule has 0 spiro atoms. The molecule has 0 aliphatic rings. The molecule has 0 rings (SSSR count). The van der Waals surface area contributed by atoms with Crippen molar-refractivity contribution < 1.29 is 4.58 Å². The first-order valence-corrected chi connectivity index (χ1v) is 3.92. The quantitative estimate of drug-likeness (QED) is 0.414. The predicted molar refractivity (Wildman–Crippen MR) is 46.0 cm³/mol. The van der Waals surface area contributed by atoms with Crippen LogP contribution >= 0.6 is 0 Å². The van der Waals surface area contributed by atoms with Crippen molar-refractivity contribution in [2.45, 2.75) is 13.8 Å². The van der Waals surface area contributed by atoms with Crippen molar-refractivity contribution in [1.82, 2.24) is 4.90 Å². The molecule has 0 N–H and O–H groups in total. The molecule has 0 saturated heterocycles. The summed E-state index contributed by atoms with van der Waals surface area (Å²) in [6.45, 7) is 7.59. The van der Waals surface area contributed by atoms with Crippen LogP contribution in [0.25, 0.3) is 0 Å². The van der Waals surface area contributed by atoms with Gasteiger partial charge in [-0.05, 0) is 20.5 Å². The fraction of sp³-hybridized carbons (Fsp3) is 0.875. The Balaban J connectivity index is 3.50. The maximum absolute atomic E-state index is 2.27. The van der Waals surface area contributed by atoms with Gasteiger partial charge in [-0.1, -0.05) is 6.92 Å². The molecule has 0 aromatic heterocycles.